The van der Waals surface area contributed by atoms with E-state index in [0.717, 1.165) is 45.6 Å². The number of nitrogen functional groups attached to an aromatic ring is 1. The summed E-state index contributed by atoms with van der Waals surface area (Å²) >= 11 is 0. The fraction of sp³-hybridized carbons (Fsp3) is 0.214. The fourth-order valence-corrected chi connectivity index (χ4v) is 3.39. The zero-order valence-electron chi connectivity index (χ0n) is 20.7. The normalized spacial score (nSPS) is 10.4. The fourth-order valence-electron chi connectivity index (χ4n) is 3.39. The van der Waals surface area contributed by atoms with Gasteiger partial charge in [-0.2, -0.15) is 0 Å². The molecule has 0 saturated carbocycles. The van der Waals surface area contributed by atoms with Gasteiger partial charge in [0.15, 0.2) is 0 Å². The van der Waals surface area contributed by atoms with Crippen LogP contribution in [0.15, 0.2) is 67.0 Å². The summed E-state index contributed by atoms with van der Waals surface area (Å²) in [4.78, 5) is 10.7. The maximum absolute atomic E-state index is 5.96. The molecule has 2 heterocycles. The molecule has 0 atom stereocenters. The van der Waals surface area contributed by atoms with Crippen molar-refractivity contribution in [2.45, 2.75) is 13.5 Å². The molecule has 7 heteroatoms. The van der Waals surface area contributed by atoms with Gasteiger partial charge in [0, 0.05) is 29.9 Å². The number of benzene rings is 2. The van der Waals surface area contributed by atoms with Crippen LogP contribution in [0.3, 0.4) is 0 Å². The van der Waals surface area contributed by atoms with Crippen LogP contribution in [0.1, 0.15) is 22.3 Å². The molecule has 172 valence electrons. The minimum absolute atomic E-state index is 0. The summed E-state index contributed by atoms with van der Waals surface area (Å²) < 4.78 is 5.76. The van der Waals surface area contributed by atoms with Crippen LogP contribution in [-0.4, -0.2) is 42.1 Å². The first-order valence-electron chi connectivity index (χ1n) is 11.2. The van der Waals surface area contributed by atoms with Crippen molar-refractivity contribution >= 4 is 22.4 Å². The van der Waals surface area contributed by atoms with Gasteiger partial charge in [-0.25, -0.2) is 4.98 Å². The van der Waals surface area contributed by atoms with Crippen molar-refractivity contribution in [3.63, 3.8) is 0 Å². The molecule has 0 saturated heterocycles. The number of hydrogen-bond acceptors (Lipinski definition) is 5. The minimum Gasteiger partial charge on any atom is -0.681 e. The molecule has 6 nitrogen and oxygen atoms in total. The predicted molar refractivity (Wildman–Crippen MR) is 138 cm³/mol. The van der Waals surface area contributed by atoms with Crippen LogP contribution in [0, 0.1) is 18.8 Å². The van der Waals surface area contributed by atoms with E-state index in [-0.39, 0.29) is 51.4 Å². The SMILES string of the molecule is Cc1ccc([N-]Cc2ccc(OCCN(C)C)cc2)cc1C#Cc1cnc(N)c2ncccc12.[K+]. The van der Waals surface area contributed by atoms with Gasteiger partial charge in [0.2, 0.25) is 0 Å². The van der Waals surface area contributed by atoms with Gasteiger partial charge in [0.1, 0.15) is 23.7 Å². The van der Waals surface area contributed by atoms with Crippen LogP contribution in [-0.2, 0) is 6.54 Å². The number of nitrogens with two attached hydrogens (primary N) is 1. The monoisotopic (exact) mass is 489 g/mol. The van der Waals surface area contributed by atoms with Crippen molar-refractivity contribution < 1.29 is 56.1 Å². The van der Waals surface area contributed by atoms with Gasteiger partial charge in [0.05, 0.1) is 5.56 Å². The largest absolute Gasteiger partial charge is 1.00 e. The standard InChI is InChI=1S/C28H28N5O.K/c1-20-6-11-24(31-18-21-7-12-25(13-8-21)34-16-15-33(2)3)17-22(20)9-10-23-19-32-28(29)27-26(23)5-4-14-30-27;/h4-8,11-14,17,19H,15-16,18H2,1-3H3,(H2,29,32);/q-1;+1. The Bertz CT molecular complexity index is 1340. The van der Waals surface area contributed by atoms with Crippen molar-refractivity contribution in [1.29, 1.82) is 0 Å². The minimum atomic E-state index is 0. The molecule has 2 N–H and O–H groups in total. The van der Waals surface area contributed by atoms with Gasteiger partial charge in [-0.05, 0) is 50.8 Å². The van der Waals surface area contributed by atoms with Crippen LogP contribution in [0.4, 0.5) is 11.5 Å². The Morgan fingerprint density at radius 3 is 2.54 bits per heavy atom. The third kappa shape index (κ3) is 7.52. The molecule has 0 bridgehead atoms. The number of ether oxygens (including phenoxy) is 1. The molecule has 0 aliphatic carbocycles. The molecule has 35 heavy (non-hydrogen) atoms. The topological polar surface area (TPSA) is 78.4 Å². The Labute approximate surface area is 249 Å². The molecule has 4 rings (SSSR count). The third-order valence-electron chi connectivity index (χ3n) is 5.40. The second kappa shape index (κ2) is 13.0. The molecule has 4 aromatic rings. The number of rotatable bonds is 7. The van der Waals surface area contributed by atoms with E-state index in [1.165, 1.54) is 0 Å². The summed E-state index contributed by atoms with van der Waals surface area (Å²) in [5, 5.41) is 5.65. The van der Waals surface area contributed by atoms with Crippen LogP contribution in [0.25, 0.3) is 16.2 Å². The van der Waals surface area contributed by atoms with Gasteiger partial charge in [0.25, 0.3) is 0 Å². The molecule has 2 aromatic heterocycles. The van der Waals surface area contributed by atoms with Crippen molar-refractivity contribution in [1.82, 2.24) is 14.9 Å². The Morgan fingerprint density at radius 1 is 1.00 bits per heavy atom. The van der Waals surface area contributed by atoms with Gasteiger partial charge in [-0.1, -0.05) is 47.7 Å². The second-order valence-corrected chi connectivity index (χ2v) is 8.32. The van der Waals surface area contributed by atoms with Crippen molar-refractivity contribution in [2.75, 3.05) is 33.0 Å². The number of fused-ring (bicyclic) bond motifs is 1. The molecule has 2 aromatic carbocycles. The second-order valence-electron chi connectivity index (χ2n) is 8.32. The summed E-state index contributed by atoms with van der Waals surface area (Å²) in [7, 11) is 4.06. The van der Waals surface area contributed by atoms with Crippen molar-refractivity contribution in [2.24, 2.45) is 0 Å². The molecule has 0 aliphatic rings. The van der Waals surface area contributed by atoms with E-state index in [1.807, 2.05) is 63.5 Å². The van der Waals surface area contributed by atoms with Crippen LogP contribution in [0.5, 0.6) is 5.75 Å². The Hall–Kier alpha value is -2.44. The number of pyridine rings is 2. The molecule has 0 unspecified atom stereocenters. The smallest absolute Gasteiger partial charge is 0.681 e. The van der Waals surface area contributed by atoms with E-state index in [2.05, 4.69) is 38.8 Å². The van der Waals surface area contributed by atoms with Crippen LogP contribution < -0.4 is 61.9 Å². The third-order valence-corrected chi connectivity index (χ3v) is 5.40. The van der Waals surface area contributed by atoms with E-state index in [0.29, 0.717) is 24.5 Å². The molecule has 0 radical (unpaired) electrons. The Kier molecular flexibility index (Phi) is 10.1. The average molecular weight is 490 g/mol. The summed E-state index contributed by atoms with van der Waals surface area (Å²) in [5.74, 6) is 7.79. The van der Waals surface area contributed by atoms with E-state index in [9.17, 15) is 0 Å². The predicted octanol–water partition coefficient (Wildman–Crippen LogP) is 2.07. The molecule has 0 aliphatic heterocycles. The molecule has 0 amide bonds. The number of aryl methyl sites for hydroxylation is 1. The van der Waals surface area contributed by atoms with Crippen molar-refractivity contribution in [3.8, 4) is 17.6 Å². The van der Waals surface area contributed by atoms with Crippen LogP contribution in [0.2, 0.25) is 0 Å². The first-order valence-corrected chi connectivity index (χ1v) is 11.2. The number of aromatic nitrogens is 2. The Balaban J connectivity index is 0.00000342. The van der Waals surface area contributed by atoms with E-state index >= 15 is 0 Å². The average Bonchev–Trinajstić information content (AvgIpc) is 2.84. The molecular formula is C28H28KN5O. The number of nitrogens with zero attached hydrogens (tertiary/aromatic N) is 4. The maximum Gasteiger partial charge on any atom is 1.00 e. The van der Waals surface area contributed by atoms with Crippen molar-refractivity contribution in [3.05, 3.63) is 94.6 Å². The van der Waals surface area contributed by atoms with Gasteiger partial charge >= 0.3 is 51.4 Å². The summed E-state index contributed by atoms with van der Waals surface area (Å²) in [6.45, 7) is 4.19. The summed E-state index contributed by atoms with van der Waals surface area (Å²) in [6.07, 6.45) is 3.41. The van der Waals surface area contributed by atoms with E-state index in [4.69, 9.17) is 15.8 Å². The summed E-state index contributed by atoms with van der Waals surface area (Å²) in [5.41, 5.74) is 11.5. The van der Waals surface area contributed by atoms with E-state index in [1.54, 1.807) is 12.4 Å². The number of likely N-dealkylation sites (N-methyl/N-ethyl adjacent to an activating group) is 1. The van der Waals surface area contributed by atoms with E-state index < -0.39 is 0 Å². The number of hydrogen-bond donors (Lipinski definition) is 1. The summed E-state index contributed by atoms with van der Waals surface area (Å²) in [6, 6.07) is 18.0. The Morgan fingerprint density at radius 2 is 1.77 bits per heavy atom. The zero-order chi connectivity index (χ0) is 23.9. The molecular weight excluding hydrogens is 461 g/mol. The first kappa shape index (κ1) is 27.1. The maximum atomic E-state index is 5.96. The van der Waals surface area contributed by atoms with Gasteiger partial charge in [-0.15, -0.1) is 12.2 Å². The first-order chi connectivity index (χ1) is 16.5. The van der Waals surface area contributed by atoms with Gasteiger partial charge in [-0.3, -0.25) is 4.98 Å². The van der Waals surface area contributed by atoms with Crippen LogP contribution >= 0.6 is 0 Å². The zero-order valence-corrected chi connectivity index (χ0v) is 23.9. The molecule has 0 spiro atoms. The molecule has 0 fully saturated rings. The number of anilines is 1. The van der Waals surface area contributed by atoms with Gasteiger partial charge < -0.3 is 20.7 Å². The quantitative estimate of drug-likeness (QED) is 0.318.